The molecule has 1 aliphatic heterocycles. The predicted octanol–water partition coefficient (Wildman–Crippen LogP) is 3.58. The minimum atomic E-state index is 0.780. The van der Waals surface area contributed by atoms with Crippen molar-refractivity contribution in [2.75, 3.05) is 31.6 Å². The van der Waals surface area contributed by atoms with Gasteiger partial charge >= 0.3 is 0 Å². The van der Waals surface area contributed by atoms with Crippen LogP contribution in [0, 0.1) is 12.8 Å². The lowest BCUT2D eigenvalue weighted by Gasteiger charge is -2.29. The van der Waals surface area contributed by atoms with Crippen LogP contribution in [0.3, 0.4) is 0 Å². The van der Waals surface area contributed by atoms with Crippen molar-refractivity contribution in [3.05, 3.63) is 42.0 Å². The summed E-state index contributed by atoms with van der Waals surface area (Å²) in [5.41, 5.74) is 2.65. The number of benzene rings is 2. The molecule has 0 bridgehead atoms. The molecular weight excluding hydrogens is 244 g/mol. The molecule has 1 fully saturated rings. The summed E-state index contributed by atoms with van der Waals surface area (Å²) in [5.74, 6) is 0.780. The van der Waals surface area contributed by atoms with Crippen LogP contribution >= 0.6 is 0 Å². The summed E-state index contributed by atoms with van der Waals surface area (Å²) in [4.78, 5) is 2.40. The van der Waals surface area contributed by atoms with Crippen molar-refractivity contribution in [1.29, 1.82) is 0 Å². The molecule has 106 valence electrons. The van der Waals surface area contributed by atoms with E-state index in [1.807, 2.05) is 0 Å². The summed E-state index contributed by atoms with van der Waals surface area (Å²) < 4.78 is 0. The highest BCUT2D eigenvalue weighted by molar-refractivity contribution is 5.86. The number of rotatable bonds is 3. The van der Waals surface area contributed by atoms with Crippen LogP contribution in [0.4, 0.5) is 5.69 Å². The maximum absolute atomic E-state index is 3.50. The Hall–Kier alpha value is -1.54. The third-order valence-corrected chi connectivity index (χ3v) is 4.35. The van der Waals surface area contributed by atoms with Gasteiger partial charge in [-0.15, -0.1) is 0 Å². The van der Waals surface area contributed by atoms with Gasteiger partial charge in [0.1, 0.15) is 0 Å². The first kappa shape index (κ1) is 13.4. The second kappa shape index (κ2) is 5.84. The third kappa shape index (κ3) is 2.96. The van der Waals surface area contributed by atoms with E-state index in [4.69, 9.17) is 0 Å². The minimum absolute atomic E-state index is 0.780. The van der Waals surface area contributed by atoms with Gasteiger partial charge in [-0.3, -0.25) is 0 Å². The van der Waals surface area contributed by atoms with E-state index in [2.05, 4.69) is 60.6 Å². The van der Waals surface area contributed by atoms with Gasteiger partial charge in [0.15, 0.2) is 0 Å². The second-order valence-corrected chi connectivity index (χ2v) is 6.13. The topological polar surface area (TPSA) is 15.3 Å². The van der Waals surface area contributed by atoms with Crippen molar-refractivity contribution in [2.45, 2.75) is 19.8 Å². The molecule has 1 N–H and O–H groups in total. The third-order valence-electron chi connectivity index (χ3n) is 4.35. The molecule has 2 aromatic carbocycles. The molecule has 0 aliphatic carbocycles. The van der Waals surface area contributed by atoms with Gasteiger partial charge in [-0.1, -0.05) is 29.8 Å². The molecule has 0 saturated carbocycles. The fourth-order valence-electron chi connectivity index (χ4n) is 3.16. The molecule has 3 rings (SSSR count). The number of aryl methyl sites for hydroxylation is 1. The van der Waals surface area contributed by atoms with E-state index in [1.165, 1.54) is 41.4 Å². The lowest BCUT2D eigenvalue weighted by molar-refractivity contribution is 0.381. The van der Waals surface area contributed by atoms with Gasteiger partial charge in [-0.2, -0.15) is 0 Å². The van der Waals surface area contributed by atoms with Crippen LogP contribution in [0.5, 0.6) is 0 Å². The van der Waals surface area contributed by atoms with Crippen molar-refractivity contribution >= 4 is 16.5 Å². The SMILES string of the molecule is Cc1ccc2cc(N(C)CC3CCCNC3)ccc2c1. The summed E-state index contributed by atoms with van der Waals surface area (Å²) in [7, 11) is 2.21. The van der Waals surface area contributed by atoms with Gasteiger partial charge in [0.2, 0.25) is 0 Å². The zero-order valence-electron chi connectivity index (χ0n) is 12.5. The van der Waals surface area contributed by atoms with Gasteiger partial charge in [0, 0.05) is 19.3 Å². The van der Waals surface area contributed by atoms with Gasteiger partial charge in [0.05, 0.1) is 0 Å². The molecule has 1 aliphatic rings. The first-order valence-corrected chi connectivity index (χ1v) is 7.64. The van der Waals surface area contributed by atoms with E-state index in [9.17, 15) is 0 Å². The molecule has 2 nitrogen and oxygen atoms in total. The first-order valence-electron chi connectivity index (χ1n) is 7.64. The van der Waals surface area contributed by atoms with Gasteiger partial charge < -0.3 is 10.2 Å². The molecule has 0 amide bonds. The average Bonchev–Trinajstić information content (AvgIpc) is 2.47. The molecule has 1 saturated heterocycles. The maximum atomic E-state index is 3.50. The molecule has 0 aromatic heterocycles. The summed E-state index contributed by atoms with van der Waals surface area (Å²) in [6, 6.07) is 13.5. The summed E-state index contributed by atoms with van der Waals surface area (Å²) in [5, 5.41) is 6.17. The summed E-state index contributed by atoms with van der Waals surface area (Å²) in [6.07, 6.45) is 2.67. The molecule has 1 heterocycles. The second-order valence-electron chi connectivity index (χ2n) is 6.13. The number of hydrogen-bond donors (Lipinski definition) is 1. The molecule has 2 heteroatoms. The fourth-order valence-corrected chi connectivity index (χ4v) is 3.16. The standard InChI is InChI=1S/C18H24N2/c1-14-5-6-17-11-18(8-7-16(17)10-14)20(2)13-15-4-3-9-19-12-15/h5-8,10-11,15,19H,3-4,9,12-13H2,1-2H3. The highest BCUT2D eigenvalue weighted by atomic mass is 15.1. The van der Waals surface area contributed by atoms with Crippen LogP contribution in [0.25, 0.3) is 10.8 Å². The number of hydrogen-bond acceptors (Lipinski definition) is 2. The van der Waals surface area contributed by atoms with Crippen LogP contribution in [-0.4, -0.2) is 26.7 Å². The summed E-state index contributed by atoms with van der Waals surface area (Å²) >= 11 is 0. The van der Waals surface area contributed by atoms with Crippen LogP contribution in [0.1, 0.15) is 18.4 Å². The number of anilines is 1. The fraction of sp³-hybridized carbons (Fsp3) is 0.444. The lowest BCUT2D eigenvalue weighted by atomic mass is 9.99. The Labute approximate surface area is 121 Å². The van der Waals surface area contributed by atoms with E-state index >= 15 is 0 Å². The number of fused-ring (bicyclic) bond motifs is 1. The van der Waals surface area contributed by atoms with E-state index in [0.29, 0.717) is 0 Å². The molecule has 20 heavy (non-hydrogen) atoms. The minimum Gasteiger partial charge on any atom is -0.374 e. The Morgan fingerprint density at radius 3 is 2.75 bits per heavy atom. The van der Waals surface area contributed by atoms with Crippen molar-refractivity contribution in [3.8, 4) is 0 Å². The largest absolute Gasteiger partial charge is 0.374 e. The van der Waals surface area contributed by atoms with Crippen LogP contribution in [-0.2, 0) is 0 Å². The van der Waals surface area contributed by atoms with Crippen molar-refractivity contribution in [3.63, 3.8) is 0 Å². The van der Waals surface area contributed by atoms with Gasteiger partial charge in [0.25, 0.3) is 0 Å². The van der Waals surface area contributed by atoms with Crippen LogP contribution in [0.2, 0.25) is 0 Å². The zero-order valence-corrected chi connectivity index (χ0v) is 12.5. The molecule has 0 radical (unpaired) electrons. The summed E-state index contributed by atoms with van der Waals surface area (Å²) in [6.45, 7) is 5.65. The Bertz CT molecular complexity index is 585. The molecule has 0 spiro atoms. The molecule has 1 atom stereocenters. The van der Waals surface area contributed by atoms with Crippen molar-refractivity contribution in [1.82, 2.24) is 5.32 Å². The smallest absolute Gasteiger partial charge is 0.0370 e. The Balaban J connectivity index is 1.76. The zero-order chi connectivity index (χ0) is 13.9. The van der Waals surface area contributed by atoms with Crippen LogP contribution < -0.4 is 10.2 Å². The van der Waals surface area contributed by atoms with E-state index < -0.39 is 0 Å². The normalized spacial score (nSPS) is 19.2. The van der Waals surface area contributed by atoms with Crippen molar-refractivity contribution < 1.29 is 0 Å². The number of nitrogens with one attached hydrogen (secondary N) is 1. The van der Waals surface area contributed by atoms with Gasteiger partial charge in [-0.25, -0.2) is 0 Å². The maximum Gasteiger partial charge on any atom is 0.0370 e. The number of nitrogens with zero attached hydrogens (tertiary/aromatic N) is 1. The highest BCUT2D eigenvalue weighted by Crippen LogP contribution is 2.24. The van der Waals surface area contributed by atoms with Crippen LogP contribution in [0.15, 0.2) is 36.4 Å². The van der Waals surface area contributed by atoms with Crippen molar-refractivity contribution in [2.24, 2.45) is 5.92 Å². The van der Waals surface area contributed by atoms with E-state index in [0.717, 1.165) is 19.0 Å². The molecule has 1 unspecified atom stereocenters. The quantitative estimate of drug-likeness (QED) is 0.915. The monoisotopic (exact) mass is 268 g/mol. The molecular formula is C18H24N2. The van der Waals surface area contributed by atoms with E-state index in [1.54, 1.807) is 0 Å². The first-order chi connectivity index (χ1) is 9.72. The average molecular weight is 268 g/mol. The Kier molecular flexibility index (Phi) is 3.93. The number of piperidine rings is 1. The van der Waals surface area contributed by atoms with Gasteiger partial charge in [-0.05, 0) is 61.7 Å². The predicted molar refractivity (Wildman–Crippen MR) is 87.5 cm³/mol. The molecule has 2 aromatic rings. The van der Waals surface area contributed by atoms with E-state index in [-0.39, 0.29) is 0 Å². The highest BCUT2D eigenvalue weighted by Gasteiger charge is 2.15. The lowest BCUT2D eigenvalue weighted by Crippen LogP contribution is -2.36. The Morgan fingerprint density at radius 1 is 1.15 bits per heavy atom. The Morgan fingerprint density at radius 2 is 1.95 bits per heavy atom.